The van der Waals surface area contributed by atoms with E-state index >= 15 is 0 Å². The Morgan fingerprint density at radius 2 is 2.50 bits per heavy atom. The lowest BCUT2D eigenvalue weighted by molar-refractivity contribution is -0.121. The molecule has 1 heterocycles. The predicted molar refractivity (Wildman–Crippen MR) is 53.3 cm³/mol. The highest BCUT2D eigenvalue weighted by atomic mass is 16.1. The monoisotopic (exact) mass is 196 g/mol. The van der Waals surface area contributed by atoms with Gasteiger partial charge in [-0.15, -0.1) is 0 Å². The van der Waals surface area contributed by atoms with E-state index < -0.39 is 0 Å². The molecule has 1 aromatic rings. The second-order valence-electron chi connectivity index (χ2n) is 3.38. The average molecular weight is 196 g/mol. The Bertz CT molecular complexity index is 308. The molecule has 1 atom stereocenters. The highest BCUT2D eigenvalue weighted by molar-refractivity contribution is 5.76. The summed E-state index contributed by atoms with van der Waals surface area (Å²) in [5.41, 5.74) is 6.21. The van der Waals surface area contributed by atoms with Gasteiger partial charge in [-0.05, 0) is 6.07 Å². The van der Waals surface area contributed by atoms with E-state index in [0.29, 0.717) is 13.1 Å². The Morgan fingerprint density at radius 3 is 3.00 bits per heavy atom. The highest BCUT2D eigenvalue weighted by Crippen LogP contribution is 1.96. The molecule has 0 saturated heterocycles. The predicted octanol–water partition coefficient (Wildman–Crippen LogP) is -0.369. The normalized spacial score (nSPS) is 12.7. The third-order valence-corrected chi connectivity index (χ3v) is 2.16. The van der Waals surface area contributed by atoms with Crippen molar-refractivity contribution >= 4 is 5.91 Å². The fourth-order valence-electron chi connectivity index (χ4n) is 1.09. The number of hydrogen-bond donors (Lipinski definition) is 2. The number of hydrogen-bond acceptors (Lipinski definition) is 3. The van der Waals surface area contributed by atoms with Gasteiger partial charge in [0.1, 0.15) is 0 Å². The Balaban J connectivity index is 2.29. The number of primary amides is 1. The summed E-state index contributed by atoms with van der Waals surface area (Å²) in [5, 5.41) is 7.18. The van der Waals surface area contributed by atoms with Crippen molar-refractivity contribution in [1.82, 2.24) is 15.1 Å². The standard InChI is InChI=1S/C9H16N4O/c1-7(9(10)14)5-11-6-8-3-4-12-13(8)2/h3-4,7,11H,5-6H2,1-2H3,(H2,10,14). The molecule has 1 aromatic heterocycles. The van der Waals surface area contributed by atoms with Crippen molar-refractivity contribution < 1.29 is 4.79 Å². The maximum atomic E-state index is 10.7. The molecule has 0 aliphatic rings. The third kappa shape index (κ3) is 2.85. The molecule has 1 unspecified atom stereocenters. The van der Waals surface area contributed by atoms with Crippen molar-refractivity contribution in [2.75, 3.05) is 6.54 Å². The van der Waals surface area contributed by atoms with Crippen LogP contribution in [-0.2, 0) is 18.4 Å². The van der Waals surface area contributed by atoms with Crippen molar-refractivity contribution in [2.24, 2.45) is 18.7 Å². The average Bonchev–Trinajstić information content (AvgIpc) is 2.51. The maximum Gasteiger partial charge on any atom is 0.221 e. The Kier molecular flexibility index (Phi) is 3.64. The van der Waals surface area contributed by atoms with Gasteiger partial charge in [0.05, 0.1) is 5.69 Å². The minimum absolute atomic E-state index is 0.136. The number of rotatable bonds is 5. The van der Waals surface area contributed by atoms with Gasteiger partial charge >= 0.3 is 0 Å². The summed E-state index contributed by atoms with van der Waals surface area (Å²) in [4.78, 5) is 10.7. The summed E-state index contributed by atoms with van der Waals surface area (Å²) in [6.45, 7) is 3.10. The lowest BCUT2D eigenvalue weighted by Gasteiger charge is -2.08. The van der Waals surface area contributed by atoms with Gasteiger partial charge in [0.15, 0.2) is 0 Å². The summed E-state index contributed by atoms with van der Waals surface area (Å²) >= 11 is 0. The van der Waals surface area contributed by atoms with Gasteiger partial charge in [-0.2, -0.15) is 5.10 Å². The van der Waals surface area contributed by atoms with Crippen LogP contribution < -0.4 is 11.1 Å². The summed E-state index contributed by atoms with van der Waals surface area (Å²) in [7, 11) is 1.88. The summed E-state index contributed by atoms with van der Waals surface area (Å²) in [5.74, 6) is -0.411. The molecule has 78 valence electrons. The van der Waals surface area contributed by atoms with Gasteiger partial charge in [-0.3, -0.25) is 9.48 Å². The van der Waals surface area contributed by atoms with Crippen molar-refractivity contribution in [3.05, 3.63) is 18.0 Å². The quantitative estimate of drug-likeness (QED) is 0.675. The van der Waals surface area contributed by atoms with Gasteiger partial charge in [0, 0.05) is 32.3 Å². The van der Waals surface area contributed by atoms with Crippen LogP contribution in [0.1, 0.15) is 12.6 Å². The van der Waals surface area contributed by atoms with E-state index in [-0.39, 0.29) is 11.8 Å². The first-order valence-corrected chi connectivity index (χ1v) is 4.58. The zero-order chi connectivity index (χ0) is 10.6. The molecule has 0 saturated carbocycles. The van der Waals surface area contributed by atoms with Crippen LogP contribution in [0.5, 0.6) is 0 Å². The first-order chi connectivity index (χ1) is 6.61. The van der Waals surface area contributed by atoms with E-state index in [9.17, 15) is 4.79 Å². The molecule has 5 nitrogen and oxygen atoms in total. The second kappa shape index (κ2) is 4.76. The van der Waals surface area contributed by atoms with Crippen molar-refractivity contribution in [1.29, 1.82) is 0 Å². The minimum atomic E-state index is -0.275. The Labute approximate surface area is 83.3 Å². The molecule has 0 fully saturated rings. The molecule has 0 aliphatic carbocycles. The Hall–Kier alpha value is -1.36. The first-order valence-electron chi connectivity index (χ1n) is 4.58. The summed E-state index contributed by atoms with van der Waals surface area (Å²) < 4.78 is 1.79. The SMILES string of the molecule is CC(CNCc1ccnn1C)C(N)=O. The highest BCUT2D eigenvalue weighted by Gasteiger charge is 2.07. The van der Waals surface area contributed by atoms with E-state index in [1.54, 1.807) is 17.8 Å². The zero-order valence-electron chi connectivity index (χ0n) is 8.53. The molecule has 0 aromatic carbocycles. The molecule has 1 rings (SSSR count). The van der Waals surface area contributed by atoms with Crippen LogP contribution in [0, 0.1) is 5.92 Å². The molecular weight excluding hydrogens is 180 g/mol. The molecule has 0 spiro atoms. The first kappa shape index (κ1) is 10.7. The zero-order valence-corrected chi connectivity index (χ0v) is 8.53. The number of nitrogens with two attached hydrogens (primary N) is 1. The van der Waals surface area contributed by atoms with Crippen LogP contribution in [-0.4, -0.2) is 22.2 Å². The maximum absolute atomic E-state index is 10.7. The van der Waals surface area contributed by atoms with Crippen LogP contribution in [0.25, 0.3) is 0 Å². The number of nitrogens with zero attached hydrogens (tertiary/aromatic N) is 2. The topological polar surface area (TPSA) is 72.9 Å². The molecule has 3 N–H and O–H groups in total. The number of aromatic nitrogens is 2. The molecule has 0 aliphatic heterocycles. The summed E-state index contributed by atoms with van der Waals surface area (Å²) in [6.07, 6.45) is 1.74. The molecule has 1 amide bonds. The largest absolute Gasteiger partial charge is 0.369 e. The van der Waals surface area contributed by atoms with Gasteiger partial charge < -0.3 is 11.1 Å². The van der Waals surface area contributed by atoms with Crippen molar-refractivity contribution in [2.45, 2.75) is 13.5 Å². The van der Waals surface area contributed by atoms with Crippen molar-refractivity contribution in [3.63, 3.8) is 0 Å². The third-order valence-electron chi connectivity index (χ3n) is 2.16. The lowest BCUT2D eigenvalue weighted by Crippen LogP contribution is -2.31. The fraction of sp³-hybridized carbons (Fsp3) is 0.556. The number of nitrogens with one attached hydrogen (secondary N) is 1. The van der Waals surface area contributed by atoms with Gasteiger partial charge in [-0.1, -0.05) is 6.92 Å². The van der Waals surface area contributed by atoms with E-state index in [1.165, 1.54) is 0 Å². The van der Waals surface area contributed by atoms with E-state index in [1.807, 2.05) is 13.1 Å². The molecule has 0 bridgehead atoms. The van der Waals surface area contributed by atoms with Crippen LogP contribution in [0.4, 0.5) is 0 Å². The summed E-state index contributed by atoms with van der Waals surface area (Å²) in [6, 6.07) is 1.93. The molecule has 14 heavy (non-hydrogen) atoms. The van der Waals surface area contributed by atoms with Crippen LogP contribution >= 0.6 is 0 Å². The van der Waals surface area contributed by atoms with Gasteiger partial charge in [-0.25, -0.2) is 0 Å². The van der Waals surface area contributed by atoms with Gasteiger partial charge in [0.2, 0.25) is 5.91 Å². The molecule has 5 heteroatoms. The number of carbonyl (C=O) groups is 1. The van der Waals surface area contributed by atoms with E-state index in [0.717, 1.165) is 5.69 Å². The molecular formula is C9H16N4O. The smallest absolute Gasteiger partial charge is 0.221 e. The fourth-order valence-corrected chi connectivity index (χ4v) is 1.09. The number of amides is 1. The van der Waals surface area contributed by atoms with Crippen molar-refractivity contribution in [3.8, 4) is 0 Å². The lowest BCUT2D eigenvalue weighted by atomic mass is 10.2. The number of carbonyl (C=O) groups excluding carboxylic acids is 1. The Morgan fingerprint density at radius 1 is 1.79 bits per heavy atom. The van der Waals surface area contributed by atoms with Gasteiger partial charge in [0.25, 0.3) is 0 Å². The van der Waals surface area contributed by atoms with Crippen LogP contribution in [0.2, 0.25) is 0 Å². The minimum Gasteiger partial charge on any atom is -0.369 e. The van der Waals surface area contributed by atoms with E-state index in [2.05, 4.69) is 10.4 Å². The molecule has 0 radical (unpaired) electrons. The van der Waals surface area contributed by atoms with Crippen LogP contribution in [0.15, 0.2) is 12.3 Å². The second-order valence-corrected chi connectivity index (χ2v) is 3.38. The number of aryl methyl sites for hydroxylation is 1. The van der Waals surface area contributed by atoms with Crippen LogP contribution in [0.3, 0.4) is 0 Å². The van der Waals surface area contributed by atoms with E-state index in [4.69, 9.17) is 5.73 Å².